The highest BCUT2D eigenvalue weighted by molar-refractivity contribution is 6.00. The SMILES string of the molecule is CC(/C=C\C(C)C)=NC(=O)N1CC2CC(O)(Cc3ccccc3)CC2(C)C1. The van der Waals surface area contributed by atoms with Crippen molar-refractivity contribution in [3.8, 4) is 0 Å². The van der Waals surface area contributed by atoms with E-state index in [1.54, 1.807) is 0 Å². The van der Waals surface area contributed by atoms with Crippen LogP contribution in [-0.2, 0) is 6.42 Å². The van der Waals surface area contributed by atoms with Crippen LogP contribution in [0.1, 0.15) is 46.1 Å². The summed E-state index contributed by atoms with van der Waals surface area (Å²) in [7, 11) is 0. The van der Waals surface area contributed by atoms with Crippen LogP contribution in [0.4, 0.5) is 4.79 Å². The Morgan fingerprint density at radius 2 is 2.07 bits per heavy atom. The lowest BCUT2D eigenvalue weighted by Gasteiger charge is -2.28. The van der Waals surface area contributed by atoms with Gasteiger partial charge in [0.15, 0.2) is 0 Å². The molecule has 27 heavy (non-hydrogen) atoms. The van der Waals surface area contributed by atoms with Gasteiger partial charge >= 0.3 is 6.03 Å². The molecule has 0 spiro atoms. The zero-order valence-electron chi connectivity index (χ0n) is 17.0. The van der Waals surface area contributed by atoms with Gasteiger partial charge in [0.05, 0.1) is 5.60 Å². The summed E-state index contributed by atoms with van der Waals surface area (Å²) < 4.78 is 0. The van der Waals surface area contributed by atoms with Crippen molar-refractivity contribution in [3.05, 3.63) is 48.0 Å². The molecule has 2 aliphatic rings. The topological polar surface area (TPSA) is 52.9 Å². The van der Waals surface area contributed by atoms with Crippen LogP contribution in [0.3, 0.4) is 0 Å². The largest absolute Gasteiger partial charge is 0.390 e. The minimum absolute atomic E-state index is 0.0314. The summed E-state index contributed by atoms with van der Waals surface area (Å²) in [6, 6.07) is 10.0. The fraction of sp³-hybridized carbons (Fsp3) is 0.565. The number of allylic oxidation sites excluding steroid dienone is 2. The summed E-state index contributed by atoms with van der Waals surface area (Å²) in [5, 5.41) is 11.2. The van der Waals surface area contributed by atoms with Gasteiger partial charge in [-0.15, -0.1) is 0 Å². The Morgan fingerprint density at radius 3 is 2.70 bits per heavy atom. The number of carbonyl (C=O) groups is 1. The van der Waals surface area contributed by atoms with Gasteiger partial charge < -0.3 is 10.0 Å². The Balaban J connectivity index is 1.63. The van der Waals surface area contributed by atoms with E-state index in [0.29, 0.717) is 31.3 Å². The smallest absolute Gasteiger partial charge is 0.343 e. The summed E-state index contributed by atoms with van der Waals surface area (Å²) >= 11 is 0. The summed E-state index contributed by atoms with van der Waals surface area (Å²) in [6.07, 6.45) is 6.14. The van der Waals surface area contributed by atoms with Crippen LogP contribution in [0.2, 0.25) is 0 Å². The van der Waals surface area contributed by atoms with Crippen molar-refractivity contribution in [1.82, 2.24) is 4.90 Å². The number of hydrogen-bond donors (Lipinski definition) is 1. The van der Waals surface area contributed by atoms with Gasteiger partial charge in [0.1, 0.15) is 0 Å². The van der Waals surface area contributed by atoms with Crippen molar-refractivity contribution in [2.24, 2.45) is 22.2 Å². The molecule has 1 aliphatic heterocycles. The van der Waals surface area contributed by atoms with Crippen LogP contribution >= 0.6 is 0 Å². The van der Waals surface area contributed by atoms with E-state index in [1.165, 1.54) is 5.56 Å². The predicted octanol–water partition coefficient (Wildman–Crippen LogP) is 4.49. The van der Waals surface area contributed by atoms with Crippen LogP contribution < -0.4 is 0 Å². The molecule has 0 radical (unpaired) electrons. The number of fused-ring (bicyclic) bond motifs is 1. The Kier molecular flexibility index (Phi) is 5.57. The Labute approximate surface area is 163 Å². The highest BCUT2D eigenvalue weighted by Gasteiger charge is 2.56. The number of aliphatic hydroxyl groups is 1. The molecule has 0 bridgehead atoms. The number of hydrogen-bond acceptors (Lipinski definition) is 2. The first-order chi connectivity index (χ1) is 12.7. The van der Waals surface area contributed by atoms with Crippen LogP contribution in [-0.4, -0.2) is 40.4 Å². The summed E-state index contributed by atoms with van der Waals surface area (Å²) in [5.74, 6) is 0.773. The van der Waals surface area contributed by atoms with Gasteiger partial charge in [0.2, 0.25) is 0 Å². The van der Waals surface area contributed by atoms with Crippen LogP contribution in [0.5, 0.6) is 0 Å². The lowest BCUT2D eigenvalue weighted by atomic mass is 9.82. The van der Waals surface area contributed by atoms with Gasteiger partial charge in [-0.2, -0.15) is 4.99 Å². The highest BCUT2D eigenvalue weighted by atomic mass is 16.3. The molecule has 3 unspecified atom stereocenters. The van der Waals surface area contributed by atoms with Gasteiger partial charge in [-0.25, -0.2) is 4.79 Å². The first kappa shape index (κ1) is 19.8. The third kappa shape index (κ3) is 4.67. The normalized spacial score (nSPS) is 31.1. The summed E-state index contributed by atoms with van der Waals surface area (Å²) in [6.45, 7) is 9.65. The Bertz CT molecular complexity index is 740. The number of nitrogens with zero attached hydrogens (tertiary/aromatic N) is 2. The molecule has 3 atom stereocenters. The van der Waals surface area contributed by atoms with E-state index in [0.717, 1.165) is 18.6 Å². The molecule has 1 aliphatic carbocycles. The number of carbonyl (C=O) groups excluding carboxylic acids is 1. The van der Waals surface area contributed by atoms with Crippen molar-refractivity contribution in [2.45, 2.75) is 52.6 Å². The molecule has 146 valence electrons. The zero-order chi connectivity index (χ0) is 19.7. The molecular formula is C23H32N2O2. The van der Waals surface area contributed by atoms with Gasteiger partial charge in [-0.05, 0) is 48.7 Å². The highest BCUT2D eigenvalue weighted by Crippen LogP contribution is 2.53. The van der Waals surface area contributed by atoms with Gasteiger partial charge in [0, 0.05) is 25.2 Å². The predicted molar refractivity (Wildman–Crippen MR) is 110 cm³/mol. The zero-order valence-corrected chi connectivity index (χ0v) is 17.0. The maximum atomic E-state index is 12.6. The molecule has 1 saturated heterocycles. The standard InChI is InChI=1S/C23H32N2O2/c1-17(2)10-11-18(3)24-21(26)25-14-20-13-23(27,15-22(20,4)16-25)12-19-8-6-5-7-9-19/h5-11,17,20,27H,12-16H2,1-4H3/b11-10-,24-18?. The van der Waals surface area contributed by atoms with Crippen LogP contribution in [0.25, 0.3) is 0 Å². The molecule has 1 aromatic rings. The second-order valence-corrected chi connectivity index (χ2v) is 9.14. The maximum Gasteiger partial charge on any atom is 0.343 e. The lowest BCUT2D eigenvalue weighted by molar-refractivity contribution is 0.0306. The van der Waals surface area contributed by atoms with Gasteiger partial charge in [-0.3, -0.25) is 0 Å². The van der Waals surface area contributed by atoms with E-state index >= 15 is 0 Å². The molecule has 2 fully saturated rings. The fourth-order valence-corrected chi connectivity index (χ4v) is 4.76. The molecule has 1 heterocycles. The minimum atomic E-state index is -0.672. The number of likely N-dealkylation sites (tertiary alicyclic amines) is 1. The van der Waals surface area contributed by atoms with E-state index in [-0.39, 0.29) is 11.4 Å². The molecule has 4 nitrogen and oxygen atoms in total. The van der Waals surface area contributed by atoms with E-state index in [4.69, 9.17) is 0 Å². The Morgan fingerprint density at radius 1 is 1.37 bits per heavy atom. The van der Waals surface area contributed by atoms with Crippen molar-refractivity contribution < 1.29 is 9.90 Å². The van der Waals surface area contributed by atoms with E-state index in [9.17, 15) is 9.90 Å². The van der Waals surface area contributed by atoms with Crippen molar-refractivity contribution >= 4 is 11.7 Å². The number of aliphatic imine (C=N–C) groups is 1. The summed E-state index contributed by atoms with van der Waals surface area (Å²) in [4.78, 5) is 18.7. The first-order valence-electron chi connectivity index (χ1n) is 9.98. The first-order valence-corrected chi connectivity index (χ1v) is 9.98. The second-order valence-electron chi connectivity index (χ2n) is 9.14. The molecule has 2 amide bonds. The van der Waals surface area contributed by atoms with E-state index in [2.05, 4.69) is 44.0 Å². The van der Waals surface area contributed by atoms with E-state index < -0.39 is 5.60 Å². The molecule has 1 saturated carbocycles. The molecule has 3 rings (SSSR count). The van der Waals surface area contributed by atoms with Gasteiger partial charge in [0.25, 0.3) is 0 Å². The summed E-state index contributed by atoms with van der Waals surface area (Å²) in [5.41, 5.74) is 1.22. The number of amides is 2. The van der Waals surface area contributed by atoms with Crippen molar-refractivity contribution in [3.63, 3.8) is 0 Å². The third-order valence-corrected chi connectivity index (χ3v) is 5.98. The molecular weight excluding hydrogens is 336 g/mol. The second kappa shape index (κ2) is 7.59. The Hall–Kier alpha value is -1.94. The molecule has 0 aromatic heterocycles. The van der Waals surface area contributed by atoms with Crippen LogP contribution in [0, 0.1) is 17.3 Å². The maximum absolute atomic E-state index is 12.6. The quantitative estimate of drug-likeness (QED) is 0.796. The fourth-order valence-electron chi connectivity index (χ4n) is 4.76. The lowest BCUT2D eigenvalue weighted by Crippen LogP contribution is -2.35. The van der Waals surface area contributed by atoms with Crippen LogP contribution in [0.15, 0.2) is 47.5 Å². The van der Waals surface area contributed by atoms with Crippen molar-refractivity contribution in [2.75, 3.05) is 13.1 Å². The molecule has 1 N–H and O–H groups in total. The van der Waals surface area contributed by atoms with E-state index in [1.807, 2.05) is 36.1 Å². The number of urea groups is 1. The minimum Gasteiger partial charge on any atom is -0.390 e. The third-order valence-electron chi connectivity index (χ3n) is 5.98. The molecule has 1 aromatic carbocycles. The monoisotopic (exact) mass is 368 g/mol. The number of benzene rings is 1. The van der Waals surface area contributed by atoms with Gasteiger partial charge in [-0.1, -0.05) is 57.2 Å². The van der Waals surface area contributed by atoms with Crippen molar-refractivity contribution in [1.29, 1.82) is 0 Å². The average molecular weight is 369 g/mol. The number of rotatable bonds is 4. The molecule has 4 heteroatoms. The average Bonchev–Trinajstić information content (AvgIpc) is 3.01.